The Labute approximate surface area is 105 Å². The number of hydrogen-bond donors (Lipinski definition) is 2. The van der Waals surface area contributed by atoms with Crippen molar-refractivity contribution in [1.82, 2.24) is 0 Å². The van der Waals surface area contributed by atoms with Crippen LogP contribution >= 0.6 is 0 Å². The van der Waals surface area contributed by atoms with E-state index < -0.39 is 11.9 Å². The lowest BCUT2D eigenvalue weighted by Crippen LogP contribution is -2.09. The van der Waals surface area contributed by atoms with E-state index >= 15 is 0 Å². The first-order valence-corrected chi connectivity index (χ1v) is 5.34. The first-order chi connectivity index (χ1) is 8.40. The monoisotopic (exact) mass is 249 g/mol. The zero-order chi connectivity index (χ0) is 13.7. The molecule has 1 rings (SSSR count). The lowest BCUT2D eigenvalue weighted by atomic mass is 10.1. The van der Waals surface area contributed by atoms with Gasteiger partial charge in [-0.1, -0.05) is 12.2 Å². The Hall–Kier alpha value is -2.30. The molecule has 0 saturated carbocycles. The van der Waals surface area contributed by atoms with E-state index in [4.69, 9.17) is 9.84 Å². The van der Waals surface area contributed by atoms with E-state index in [0.29, 0.717) is 12.2 Å². The first-order valence-electron chi connectivity index (χ1n) is 5.34. The number of ether oxygens (including phenoxy) is 1. The molecule has 0 aromatic heterocycles. The molecular formula is C13H15NO4. The number of esters is 1. The van der Waals surface area contributed by atoms with Crippen LogP contribution in [-0.2, 0) is 4.79 Å². The second-order valence-electron chi connectivity index (χ2n) is 3.92. The van der Waals surface area contributed by atoms with Gasteiger partial charge in [-0.2, -0.15) is 0 Å². The number of carbonyl (C=O) groups is 2. The van der Waals surface area contributed by atoms with Crippen molar-refractivity contribution in [2.24, 2.45) is 0 Å². The summed E-state index contributed by atoms with van der Waals surface area (Å²) in [5.74, 6) is -1.67. The van der Waals surface area contributed by atoms with Crippen LogP contribution in [0, 0.1) is 0 Å². The highest BCUT2D eigenvalue weighted by molar-refractivity contribution is 5.92. The van der Waals surface area contributed by atoms with Gasteiger partial charge in [-0.15, -0.1) is 0 Å². The highest BCUT2D eigenvalue weighted by atomic mass is 16.5. The quantitative estimate of drug-likeness (QED) is 0.475. The molecule has 5 heteroatoms. The molecule has 0 aliphatic rings. The molecule has 0 unspecified atom stereocenters. The lowest BCUT2D eigenvalue weighted by molar-refractivity contribution is -0.131. The highest BCUT2D eigenvalue weighted by Gasteiger charge is 2.13. The molecule has 0 amide bonds. The topological polar surface area (TPSA) is 75.6 Å². The minimum absolute atomic E-state index is 0.0294. The van der Waals surface area contributed by atoms with Crippen LogP contribution in [0.15, 0.2) is 30.4 Å². The van der Waals surface area contributed by atoms with Crippen LogP contribution in [0.1, 0.15) is 24.2 Å². The van der Waals surface area contributed by atoms with Crippen LogP contribution < -0.4 is 10.1 Å². The standard InChI is InChI=1S/C13H15NO4/c1-8(2)7-14-10-4-5-11(13(16)17)12(6-10)18-9(3)15/h4-6,14H,1,7H2,2-3H3,(H,16,17). The molecule has 0 fully saturated rings. The third kappa shape index (κ3) is 3.93. The maximum Gasteiger partial charge on any atom is 0.339 e. The van der Waals surface area contributed by atoms with Crippen molar-refractivity contribution in [2.45, 2.75) is 13.8 Å². The average molecular weight is 249 g/mol. The van der Waals surface area contributed by atoms with Gasteiger partial charge in [0.05, 0.1) is 0 Å². The van der Waals surface area contributed by atoms with Crippen LogP contribution in [-0.4, -0.2) is 23.6 Å². The predicted molar refractivity (Wildman–Crippen MR) is 68.0 cm³/mol. The largest absolute Gasteiger partial charge is 0.478 e. The third-order valence-electron chi connectivity index (χ3n) is 2.06. The summed E-state index contributed by atoms with van der Waals surface area (Å²) in [7, 11) is 0. The minimum Gasteiger partial charge on any atom is -0.478 e. The van der Waals surface area contributed by atoms with Crippen LogP contribution in [0.4, 0.5) is 5.69 Å². The normalized spacial score (nSPS) is 9.67. The highest BCUT2D eigenvalue weighted by Crippen LogP contribution is 2.24. The number of carboxylic acids is 1. The summed E-state index contributed by atoms with van der Waals surface area (Å²) >= 11 is 0. The van der Waals surface area contributed by atoms with E-state index in [0.717, 1.165) is 5.57 Å². The molecule has 0 saturated heterocycles. The van der Waals surface area contributed by atoms with Gasteiger partial charge in [-0.05, 0) is 19.1 Å². The fraction of sp³-hybridized carbons (Fsp3) is 0.231. The van der Waals surface area contributed by atoms with E-state index in [9.17, 15) is 9.59 Å². The molecule has 0 aliphatic carbocycles. The molecule has 5 nitrogen and oxygen atoms in total. The Balaban J connectivity index is 3.00. The number of hydrogen-bond acceptors (Lipinski definition) is 4. The van der Waals surface area contributed by atoms with E-state index in [1.54, 1.807) is 6.07 Å². The summed E-state index contributed by atoms with van der Waals surface area (Å²) in [6.45, 7) is 7.39. The van der Waals surface area contributed by atoms with Gasteiger partial charge in [0, 0.05) is 25.2 Å². The fourth-order valence-electron chi connectivity index (χ4n) is 1.30. The molecule has 1 aromatic rings. The van der Waals surface area contributed by atoms with E-state index in [1.165, 1.54) is 19.1 Å². The van der Waals surface area contributed by atoms with Gasteiger partial charge in [0.2, 0.25) is 0 Å². The van der Waals surface area contributed by atoms with Crippen molar-refractivity contribution >= 4 is 17.6 Å². The van der Waals surface area contributed by atoms with Crippen molar-refractivity contribution in [3.63, 3.8) is 0 Å². The Morgan fingerprint density at radius 1 is 1.39 bits per heavy atom. The molecule has 0 bridgehead atoms. The van der Waals surface area contributed by atoms with E-state index in [-0.39, 0.29) is 11.3 Å². The summed E-state index contributed by atoms with van der Waals surface area (Å²) < 4.78 is 4.87. The van der Waals surface area contributed by atoms with Gasteiger partial charge in [0.1, 0.15) is 11.3 Å². The number of benzene rings is 1. The minimum atomic E-state index is -1.14. The Morgan fingerprint density at radius 3 is 2.56 bits per heavy atom. The lowest BCUT2D eigenvalue weighted by Gasteiger charge is -2.10. The smallest absolute Gasteiger partial charge is 0.339 e. The molecule has 96 valence electrons. The molecule has 18 heavy (non-hydrogen) atoms. The fourth-order valence-corrected chi connectivity index (χ4v) is 1.30. The zero-order valence-electron chi connectivity index (χ0n) is 10.3. The Morgan fingerprint density at radius 2 is 2.06 bits per heavy atom. The van der Waals surface area contributed by atoms with E-state index in [1.807, 2.05) is 6.92 Å². The molecule has 0 atom stereocenters. The van der Waals surface area contributed by atoms with Gasteiger partial charge in [-0.3, -0.25) is 4.79 Å². The van der Waals surface area contributed by atoms with Crippen LogP contribution in [0.5, 0.6) is 5.75 Å². The molecular weight excluding hydrogens is 234 g/mol. The van der Waals surface area contributed by atoms with Gasteiger partial charge < -0.3 is 15.2 Å². The molecule has 2 N–H and O–H groups in total. The Bertz CT molecular complexity index is 494. The third-order valence-corrected chi connectivity index (χ3v) is 2.06. The maximum atomic E-state index is 11.0. The number of nitrogens with one attached hydrogen (secondary N) is 1. The number of aromatic carboxylic acids is 1. The summed E-state index contributed by atoms with van der Waals surface area (Å²) in [5, 5.41) is 12.0. The molecule has 0 aliphatic heterocycles. The average Bonchev–Trinajstić information content (AvgIpc) is 2.25. The molecule has 0 radical (unpaired) electrons. The summed E-state index contributed by atoms with van der Waals surface area (Å²) in [6, 6.07) is 4.48. The van der Waals surface area contributed by atoms with Crippen molar-refractivity contribution in [3.8, 4) is 5.75 Å². The Kier molecular flexibility index (Phi) is 4.48. The second-order valence-corrected chi connectivity index (χ2v) is 3.92. The predicted octanol–water partition coefficient (Wildman–Crippen LogP) is 2.30. The van der Waals surface area contributed by atoms with Crippen molar-refractivity contribution < 1.29 is 19.4 Å². The van der Waals surface area contributed by atoms with Crippen LogP contribution in [0.3, 0.4) is 0 Å². The van der Waals surface area contributed by atoms with E-state index in [2.05, 4.69) is 11.9 Å². The van der Waals surface area contributed by atoms with Gasteiger partial charge in [-0.25, -0.2) is 4.79 Å². The zero-order valence-corrected chi connectivity index (χ0v) is 10.3. The SMILES string of the molecule is C=C(C)CNc1ccc(C(=O)O)c(OC(C)=O)c1. The van der Waals surface area contributed by atoms with Gasteiger partial charge >= 0.3 is 11.9 Å². The number of carbonyl (C=O) groups excluding carboxylic acids is 1. The van der Waals surface area contributed by atoms with Crippen molar-refractivity contribution in [1.29, 1.82) is 0 Å². The summed E-state index contributed by atoms with van der Waals surface area (Å²) in [5.41, 5.74) is 1.55. The van der Waals surface area contributed by atoms with Crippen molar-refractivity contribution in [3.05, 3.63) is 35.9 Å². The molecule has 1 aromatic carbocycles. The van der Waals surface area contributed by atoms with Crippen LogP contribution in [0.2, 0.25) is 0 Å². The van der Waals surface area contributed by atoms with Gasteiger partial charge in [0.25, 0.3) is 0 Å². The van der Waals surface area contributed by atoms with Crippen molar-refractivity contribution in [2.75, 3.05) is 11.9 Å². The summed E-state index contributed by atoms with van der Waals surface area (Å²) in [6.07, 6.45) is 0. The second kappa shape index (κ2) is 5.86. The molecule has 0 heterocycles. The summed E-state index contributed by atoms with van der Waals surface area (Å²) in [4.78, 5) is 21.9. The van der Waals surface area contributed by atoms with Gasteiger partial charge in [0.15, 0.2) is 0 Å². The number of carboxylic acid groups (broad SMARTS) is 1. The number of rotatable bonds is 5. The van der Waals surface area contributed by atoms with Crippen LogP contribution in [0.25, 0.3) is 0 Å². The number of anilines is 1. The molecule has 0 spiro atoms. The first kappa shape index (κ1) is 13.8. The maximum absolute atomic E-state index is 11.0.